The lowest BCUT2D eigenvalue weighted by Crippen LogP contribution is -2.46. The fourth-order valence-corrected chi connectivity index (χ4v) is 2.48. The topological polar surface area (TPSA) is 45.4 Å². The maximum absolute atomic E-state index is 13.8. The van der Waals surface area contributed by atoms with Crippen LogP contribution < -0.4 is 4.90 Å². The second kappa shape index (κ2) is 5.77. The maximum Gasteiger partial charge on any atom is 0.230 e. The van der Waals surface area contributed by atoms with Gasteiger partial charge in [-0.2, -0.15) is 0 Å². The molecule has 1 aliphatic heterocycles. The molecule has 0 aliphatic carbocycles. The lowest BCUT2D eigenvalue weighted by atomic mass is 10.2. The van der Waals surface area contributed by atoms with Crippen LogP contribution in [0.25, 0.3) is 0 Å². The van der Waals surface area contributed by atoms with Crippen molar-refractivity contribution in [1.82, 2.24) is 15.1 Å². The van der Waals surface area contributed by atoms with Crippen molar-refractivity contribution in [2.45, 2.75) is 13.5 Å². The Morgan fingerprint density at radius 2 is 1.90 bits per heavy atom. The minimum Gasteiger partial charge on any atom is -0.424 e. The lowest BCUT2D eigenvalue weighted by Gasteiger charge is -2.35. The van der Waals surface area contributed by atoms with Crippen LogP contribution in [-0.2, 0) is 6.54 Å². The van der Waals surface area contributed by atoms with E-state index in [0.717, 1.165) is 19.2 Å². The Morgan fingerprint density at radius 3 is 2.52 bits per heavy atom. The molecule has 112 valence electrons. The van der Waals surface area contributed by atoms with Gasteiger partial charge in [0.05, 0.1) is 12.2 Å². The SMILES string of the molecule is Cc1nnc(CN2CCN(c3ccc(F)cc3F)CC2)o1. The highest BCUT2D eigenvalue weighted by Gasteiger charge is 2.21. The number of benzene rings is 1. The molecule has 1 aromatic carbocycles. The minimum absolute atomic E-state index is 0.449. The van der Waals surface area contributed by atoms with Crippen molar-refractivity contribution >= 4 is 5.69 Å². The molecule has 1 aliphatic rings. The second-order valence-electron chi connectivity index (χ2n) is 5.07. The summed E-state index contributed by atoms with van der Waals surface area (Å²) in [6, 6.07) is 3.69. The Labute approximate surface area is 121 Å². The number of aromatic nitrogens is 2. The maximum atomic E-state index is 13.8. The molecule has 0 spiro atoms. The van der Waals surface area contributed by atoms with E-state index in [0.29, 0.717) is 37.1 Å². The molecule has 1 saturated heterocycles. The van der Waals surface area contributed by atoms with Crippen LogP contribution in [0.5, 0.6) is 0 Å². The summed E-state index contributed by atoms with van der Waals surface area (Å²) in [4.78, 5) is 4.09. The summed E-state index contributed by atoms with van der Waals surface area (Å²) < 4.78 is 32.0. The fraction of sp³-hybridized carbons (Fsp3) is 0.429. The molecule has 0 N–H and O–H groups in total. The quantitative estimate of drug-likeness (QED) is 0.866. The van der Waals surface area contributed by atoms with Gasteiger partial charge in [0.1, 0.15) is 11.6 Å². The molecule has 3 rings (SSSR count). The zero-order valence-corrected chi connectivity index (χ0v) is 11.7. The molecule has 0 radical (unpaired) electrons. The van der Waals surface area contributed by atoms with E-state index in [1.54, 1.807) is 6.92 Å². The first-order valence-corrected chi connectivity index (χ1v) is 6.83. The predicted molar refractivity (Wildman–Crippen MR) is 72.9 cm³/mol. The van der Waals surface area contributed by atoms with Gasteiger partial charge in [-0.3, -0.25) is 4.90 Å². The standard InChI is InChI=1S/C14H16F2N4O/c1-10-17-18-14(21-10)9-19-4-6-20(7-5-19)13-3-2-11(15)8-12(13)16/h2-3,8H,4-7,9H2,1H3. The molecule has 1 aromatic heterocycles. The molecule has 21 heavy (non-hydrogen) atoms. The Morgan fingerprint density at radius 1 is 1.14 bits per heavy atom. The number of nitrogens with zero attached hydrogens (tertiary/aromatic N) is 4. The summed E-state index contributed by atoms with van der Waals surface area (Å²) >= 11 is 0. The van der Waals surface area contributed by atoms with Crippen LogP contribution in [0, 0.1) is 18.6 Å². The molecule has 0 bridgehead atoms. The number of aryl methyl sites for hydroxylation is 1. The van der Waals surface area contributed by atoms with Gasteiger partial charge in [-0.25, -0.2) is 8.78 Å². The van der Waals surface area contributed by atoms with Crippen molar-refractivity contribution in [3.05, 3.63) is 41.6 Å². The fourth-order valence-electron chi connectivity index (χ4n) is 2.48. The van der Waals surface area contributed by atoms with Crippen LogP contribution in [0.2, 0.25) is 0 Å². The summed E-state index contributed by atoms with van der Waals surface area (Å²) in [6.07, 6.45) is 0. The van der Waals surface area contributed by atoms with Crippen molar-refractivity contribution < 1.29 is 13.2 Å². The Bertz CT molecular complexity index is 623. The van der Waals surface area contributed by atoms with E-state index in [4.69, 9.17) is 4.42 Å². The van der Waals surface area contributed by atoms with E-state index in [1.807, 2.05) is 4.90 Å². The summed E-state index contributed by atoms with van der Waals surface area (Å²) in [7, 11) is 0. The van der Waals surface area contributed by atoms with E-state index in [2.05, 4.69) is 15.1 Å². The summed E-state index contributed by atoms with van der Waals surface area (Å²) in [5, 5.41) is 7.76. The van der Waals surface area contributed by atoms with Crippen molar-refractivity contribution in [3.8, 4) is 0 Å². The van der Waals surface area contributed by atoms with Crippen molar-refractivity contribution in [1.29, 1.82) is 0 Å². The van der Waals surface area contributed by atoms with E-state index in [1.165, 1.54) is 12.1 Å². The van der Waals surface area contributed by atoms with Crippen LogP contribution in [0.4, 0.5) is 14.5 Å². The van der Waals surface area contributed by atoms with Gasteiger partial charge in [0, 0.05) is 39.2 Å². The zero-order valence-electron chi connectivity index (χ0n) is 11.7. The van der Waals surface area contributed by atoms with Gasteiger partial charge in [-0.15, -0.1) is 10.2 Å². The Balaban J connectivity index is 1.59. The van der Waals surface area contributed by atoms with Gasteiger partial charge >= 0.3 is 0 Å². The number of piperazine rings is 1. The van der Waals surface area contributed by atoms with Crippen LogP contribution in [-0.4, -0.2) is 41.3 Å². The molecule has 0 amide bonds. The summed E-state index contributed by atoms with van der Waals surface area (Å²) in [5.74, 6) is 0.0727. The number of hydrogen-bond donors (Lipinski definition) is 0. The lowest BCUT2D eigenvalue weighted by molar-refractivity contribution is 0.224. The molecule has 2 aromatic rings. The van der Waals surface area contributed by atoms with Crippen LogP contribution >= 0.6 is 0 Å². The summed E-state index contributed by atoms with van der Waals surface area (Å²) in [6.45, 7) is 5.23. The van der Waals surface area contributed by atoms with E-state index >= 15 is 0 Å². The van der Waals surface area contributed by atoms with Gasteiger partial charge in [0.2, 0.25) is 11.8 Å². The molecule has 0 saturated carbocycles. The van der Waals surface area contributed by atoms with Gasteiger partial charge in [0.25, 0.3) is 0 Å². The van der Waals surface area contributed by atoms with Crippen molar-refractivity contribution in [2.24, 2.45) is 0 Å². The average molecular weight is 294 g/mol. The highest BCUT2D eigenvalue weighted by atomic mass is 19.1. The second-order valence-corrected chi connectivity index (χ2v) is 5.07. The van der Waals surface area contributed by atoms with Crippen LogP contribution in [0.3, 0.4) is 0 Å². The first-order chi connectivity index (χ1) is 10.1. The smallest absolute Gasteiger partial charge is 0.230 e. The van der Waals surface area contributed by atoms with Crippen LogP contribution in [0.15, 0.2) is 22.6 Å². The number of anilines is 1. The zero-order chi connectivity index (χ0) is 14.8. The van der Waals surface area contributed by atoms with Crippen molar-refractivity contribution in [2.75, 3.05) is 31.1 Å². The molecule has 7 heteroatoms. The predicted octanol–water partition coefficient (Wildman–Crippen LogP) is 1.98. The number of hydrogen-bond acceptors (Lipinski definition) is 5. The van der Waals surface area contributed by atoms with E-state index in [-0.39, 0.29) is 0 Å². The third kappa shape index (κ3) is 3.18. The van der Waals surface area contributed by atoms with Gasteiger partial charge in [0.15, 0.2) is 0 Å². The molecule has 0 unspecified atom stereocenters. The highest BCUT2D eigenvalue weighted by molar-refractivity contribution is 5.48. The molecule has 5 nitrogen and oxygen atoms in total. The molecule has 1 fully saturated rings. The van der Waals surface area contributed by atoms with Gasteiger partial charge in [-0.05, 0) is 12.1 Å². The van der Waals surface area contributed by atoms with E-state index in [9.17, 15) is 8.78 Å². The van der Waals surface area contributed by atoms with Gasteiger partial charge in [-0.1, -0.05) is 0 Å². The normalized spacial score (nSPS) is 16.4. The van der Waals surface area contributed by atoms with Gasteiger partial charge < -0.3 is 9.32 Å². The monoisotopic (exact) mass is 294 g/mol. The Kier molecular flexibility index (Phi) is 3.83. The first kappa shape index (κ1) is 13.9. The molecule has 0 atom stereocenters. The molecular formula is C14H16F2N4O. The first-order valence-electron chi connectivity index (χ1n) is 6.83. The third-order valence-electron chi connectivity index (χ3n) is 3.55. The van der Waals surface area contributed by atoms with Crippen LogP contribution in [0.1, 0.15) is 11.8 Å². The number of halogens is 2. The minimum atomic E-state index is -0.554. The highest BCUT2D eigenvalue weighted by Crippen LogP contribution is 2.21. The number of rotatable bonds is 3. The summed E-state index contributed by atoms with van der Waals surface area (Å²) in [5.41, 5.74) is 0.449. The largest absolute Gasteiger partial charge is 0.424 e. The molecular weight excluding hydrogens is 278 g/mol. The Hall–Kier alpha value is -2.02. The van der Waals surface area contributed by atoms with Crippen molar-refractivity contribution in [3.63, 3.8) is 0 Å². The van der Waals surface area contributed by atoms with E-state index < -0.39 is 11.6 Å². The third-order valence-corrected chi connectivity index (χ3v) is 3.55. The molecule has 2 heterocycles. The average Bonchev–Trinajstić information content (AvgIpc) is 2.85.